The third kappa shape index (κ3) is 2.57. The van der Waals surface area contributed by atoms with Gasteiger partial charge in [0.2, 0.25) is 0 Å². The fraction of sp³-hybridized carbons (Fsp3) is 0.0833. The minimum atomic E-state index is -0.392. The van der Waals surface area contributed by atoms with Gasteiger partial charge in [0.25, 0.3) is 5.69 Å². The van der Waals surface area contributed by atoms with E-state index >= 15 is 0 Å². The summed E-state index contributed by atoms with van der Waals surface area (Å²) in [5, 5.41) is 13.9. The van der Waals surface area contributed by atoms with Crippen molar-refractivity contribution in [3.63, 3.8) is 0 Å². The van der Waals surface area contributed by atoms with Gasteiger partial charge in [0, 0.05) is 24.1 Å². The first-order chi connectivity index (χ1) is 8.16. The van der Waals surface area contributed by atoms with Crippen molar-refractivity contribution in [1.82, 2.24) is 4.98 Å². The maximum atomic E-state index is 10.9. The van der Waals surface area contributed by atoms with Gasteiger partial charge < -0.3 is 5.32 Å². The second-order valence-electron chi connectivity index (χ2n) is 3.64. The number of nitrogens with zero attached hydrogens (tertiary/aromatic N) is 2. The van der Waals surface area contributed by atoms with Crippen LogP contribution in [-0.2, 0) is 0 Å². The average molecular weight is 229 g/mol. The molecule has 0 spiro atoms. The summed E-state index contributed by atoms with van der Waals surface area (Å²) in [5.74, 6) is 0. The van der Waals surface area contributed by atoms with Crippen molar-refractivity contribution in [1.29, 1.82) is 0 Å². The summed E-state index contributed by atoms with van der Waals surface area (Å²) in [5.41, 5.74) is 2.18. The lowest BCUT2D eigenvalue weighted by Crippen LogP contribution is -1.97. The van der Waals surface area contributed by atoms with Gasteiger partial charge in [-0.3, -0.25) is 15.1 Å². The molecule has 1 heterocycles. The molecule has 0 radical (unpaired) electrons. The summed E-state index contributed by atoms with van der Waals surface area (Å²) < 4.78 is 0. The van der Waals surface area contributed by atoms with E-state index in [0.29, 0.717) is 5.69 Å². The Labute approximate surface area is 98.3 Å². The molecule has 0 bridgehead atoms. The quantitative estimate of drug-likeness (QED) is 0.648. The number of benzene rings is 1. The Balaban J connectivity index is 2.36. The van der Waals surface area contributed by atoms with Crippen LogP contribution in [0, 0.1) is 17.0 Å². The van der Waals surface area contributed by atoms with Crippen LogP contribution in [0.3, 0.4) is 0 Å². The van der Waals surface area contributed by atoms with E-state index in [1.807, 2.05) is 13.0 Å². The molecule has 17 heavy (non-hydrogen) atoms. The van der Waals surface area contributed by atoms with Crippen LogP contribution in [0.25, 0.3) is 0 Å². The number of nitrogens with one attached hydrogen (secondary N) is 1. The molecule has 0 amide bonds. The van der Waals surface area contributed by atoms with E-state index in [4.69, 9.17) is 0 Å². The smallest absolute Gasteiger partial charge is 0.292 e. The van der Waals surface area contributed by atoms with Crippen LogP contribution < -0.4 is 5.32 Å². The summed E-state index contributed by atoms with van der Waals surface area (Å²) in [6, 6.07) is 8.58. The molecule has 0 atom stereocenters. The van der Waals surface area contributed by atoms with E-state index in [1.165, 1.54) is 0 Å². The van der Waals surface area contributed by atoms with Crippen LogP contribution in [-0.4, -0.2) is 9.91 Å². The Hall–Kier alpha value is -2.43. The first-order valence-corrected chi connectivity index (χ1v) is 5.09. The van der Waals surface area contributed by atoms with Crippen LogP contribution in [0.4, 0.5) is 17.1 Å². The van der Waals surface area contributed by atoms with Gasteiger partial charge in [-0.15, -0.1) is 0 Å². The molecule has 0 aliphatic carbocycles. The predicted octanol–water partition coefficient (Wildman–Crippen LogP) is 3.04. The normalized spacial score (nSPS) is 9.94. The van der Waals surface area contributed by atoms with E-state index < -0.39 is 4.92 Å². The summed E-state index contributed by atoms with van der Waals surface area (Å²) >= 11 is 0. The summed E-state index contributed by atoms with van der Waals surface area (Å²) in [7, 11) is 0. The van der Waals surface area contributed by atoms with Gasteiger partial charge in [0.1, 0.15) is 5.69 Å². The number of anilines is 2. The fourth-order valence-electron chi connectivity index (χ4n) is 1.49. The molecular weight excluding hydrogens is 218 g/mol. The van der Waals surface area contributed by atoms with E-state index in [0.717, 1.165) is 11.3 Å². The van der Waals surface area contributed by atoms with E-state index in [-0.39, 0.29) is 5.69 Å². The van der Waals surface area contributed by atoms with E-state index in [2.05, 4.69) is 10.3 Å². The monoisotopic (exact) mass is 229 g/mol. The molecule has 2 aromatic rings. The lowest BCUT2D eigenvalue weighted by Gasteiger charge is -2.07. The molecule has 0 saturated carbocycles. The average Bonchev–Trinajstić information content (AvgIpc) is 2.32. The number of aromatic nitrogens is 1. The Morgan fingerprint density at radius 2 is 1.94 bits per heavy atom. The number of aryl methyl sites for hydroxylation is 1. The first kappa shape index (κ1) is 11.1. The molecule has 0 aliphatic rings. The third-order valence-electron chi connectivity index (χ3n) is 2.31. The molecule has 5 nitrogen and oxygen atoms in total. The highest BCUT2D eigenvalue weighted by Crippen LogP contribution is 2.28. The van der Waals surface area contributed by atoms with Gasteiger partial charge >= 0.3 is 0 Å². The summed E-state index contributed by atoms with van der Waals surface area (Å²) in [4.78, 5) is 14.4. The molecule has 1 N–H and O–H groups in total. The van der Waals surface area contributed by atoms with Gasteiger partial charge in [0.05, 0.1) is 4.92 Å². The second-order valence-corrected chi connectivity index (χ2v) is 3.64. The van der Waals surface area contributed by atoms with Crippen molar-refractivity contribution in [2.45, 2.75) is 6.92 Å². The Bertz CT molecular complexity index is 541. The molecule has 0 aliphatic heterocycles. The SMILES string of the molecule is Cc1ccc(Nc2ccncc2)c([N+](=O)[O-])c1. The molecule has 5 heteroatoms. The largest absolute Gasteiger partial charge is 0.350 e. The molecule has 0 saturated heterocycles. The van der Waals surface area contributed by atoms with Crippen molar-refractivity contribution in [3.8, 4) is 0 Å². The number of pyridine rings is 1. The molecule has 1 aromatic carbocycles. The second kappa shape index (κ2) is 4.61. The van der Waals surface area contributed by atoms with Crippen molar-refractivity contribution >= 4 is 17.1 Å². The zero-order valence-corrected chi connectivity index (χ0v) is 9.25. The molecule has 1 aromatic heterocycles. The van der Waals surface area contributed by atoms with Crippen molar-refractivity contribution in [2.75, 3.05) is 5.32 Å². The van der Waals surface area contributed by atoms with Crippen LogP contribution >= 0.6 is 0 Å². The number of hydrogen-bond donors (Lipinski definition) is 1. The van der Waals surface area contributed by atoms with Gasteiger partial charge in [-0.05, 0) is 30.7 Å². The maximum Gasteiger partial charge on any atom is 0.292 e. The molecule has 0 unspecified atom stereocenters. The highest BCUT2D eigenvalue weighted by Gasteiger charge is 2.13. The number of hydrogen-bond acceptors (Lipinski definition) is 4. The van der Waals surface area contributed by atoms with Gasteiger partial charge in [-0.25, -0.2) is 0 Å². The Kier molecular flexibility index (Phi) is 3.00. The molecular formula is C12H11N3O2. The predicted molar refractivity (Wildman–Crippen MR) is 65.4 cm³/mol. The topological polar surface area (TPSA) is 68.1 Å². The number of nitro benzene ring substituents is 1. The summed E-state index contributed by atoms with van der Waals surface area (Å²) in [6.45, 7) is 1.82. The van der Waals surface area contributed by atoms with Gasteiger partial charge in [-0.1, -0.05) is 6.07 Å². The first-order valence-electron chi connectivity index (χ1n) is 5.09. The molecule has 0 fully saturated rings. The minimum Gasteiger partial charge on any atom is -0.350 e. The third-order valence-corrected chi connectivity index (χ3v) is 2.31. The van der Waals surface area contributed by atoms with Crippen molar-refractivity contribution in [2.24, 2.45) is 0 Å². The highest BCUT2D eigenvalue weighted by atomic mass is 16.6. The van der Waals surface area contributed by atoms with E-state index in [1.54, 1.807) is 36.7 Å². The number of nitro groups is 1. The minimum absolute atomic E-state index is 0.0711. The van der Waals surface area contributed by atoms with Crippen LogP contribution in [0.1, 0.15) is 5.56 Å². The summed E-state index contributed by atoms with van der Waals surface area (Å²) in [6.07, 6.45) is 3.25. The van der Waals surface area contributed by atoms with Crippen molar-refractivity contribution in [3.05, 3.63) is 58.4 Å². The zero-order valence-electron chi connectivity index (χ0n) is 9.25. The van der Waals surface area contributed by atoms with Crippen molar-refractivity contribution < 1.29 is 4.92 Å². The van der Waals surface area contributed by atoms with Crippen LogP contribution in [0.2, 0.25) is 0 Å². The molecule has 86 valence electrons. The molecule has 2 rings (SSSR count). The number of rotatable bonds is 3. The zero-order chi connectivity index (χ0) is 12.3. The van der Waals surface area contributed by atoms with Gasteiger partial charge in [0.15, 0.2) is 0 Å². The van der Waals surface area contributed by atoms with Crippen LogP contribution in [0.15, 0.2) is 42.7 Å². The van der Waals surface area contributed by atoms with E-state index in [9.17, 15) is 10.1 Å². The lowest BCUT2D eigenvalue weighted by molar-refractivity contribution is -0.384. The highest BCUT2D eigenvalue weighted by molar-refractivity contribution is 5.69. The Morgan fingerprint density at radius 1 is 1.24 bits per heavy atom. The van der Waals surface area contributed by atoms with Crippen LogP contribution in [0.5, 0.6) is 0 Å². The lowest BCUT2D eigenvalue weighted by atomic mass is 10.2. The van der Waals surface area contributed by atoms with Gasteiger partial charge in [-0.2, -0.15) is 0 Å². The Morgan fingerprint density at radius 3 is 2.59 bits per heavy atom. The fourth-order valence-corrected chi connectivity index (χ4v) is 1.49. The standard InChI is InChI=1S/C12H11N3O2/c1-9-2-3-11(12(8-9)15(16)17)14-10-4-6-13-7-5-10/h2-8H,1H3,(H,13,14). The maximum absolute atomic E-state index is 10.9.